The van der Waals surface area contributed by atoms with E-state index in [1.54, 1.807) is 6.07 Å². The maximum atomic E-state index is 11.9. The highest BCUT2D eigenvalue weighted by Crippen LogP contribution is 2.30. The van der Waals surface area contributed by atoms with Crippen molar-refractivity contribution < 1.29 is 14.3 Å². The van der Waals surface area contributed by atoms with Crippen LogP contribution in [-0.4, -0.2) is 23.8 Å². The molecule has 0 radical (unpaired) electrons. The minimum Gasteiger partial charge on any atom is -0.456 e. The van der Waals surface area contributed by atoms with Crippen molar-refractivity contribution in [2.24, 2.45) is 5.92 Å². The fraction of sp³-hybridized carbons (Fsp3) is 0.316. The van der Waals surface area contributed by atoms with Crippen LogP contribution in [0.15, 0.2) is 46.9 Å². The van der Waals surface area contributed by atoms with Gasteiger partial charge < -0.3 is 20.2 Å². The van der Waals surface area contributed by atoms with E-state index in [9.17, 15) is 9.90 Å². The lowest BCUT2D eigenvalue weighted by molar-refractivity contribution is 0.148. The number of amides is 2. The highest BCUT2D eigenvalue weighted by molar-refractivity contribution is 6.06. The molecule has 0 saturated heterocycles. The van der Waals surface area contributed by atoms with Gasteiger partial charge in [-0.2, -0.15) is 0 Å². The number of furan rings is 1. The number of nitrogens with one attached hydrogen (secondary N) is 2. The van der Waals surface area contributed by atoms with Crippen LogP contribution >= 0.6 is 0 Å². The maximum Gasteiger partial charge on any atom is 0.319 e. The van der Waals surface area contributed by atoms with Crippen LogP contribution < -0.4 is 10.6 Å². The zero-order valence-corrected chi connectivity index (χ0v) is 13.9. The molecule has 1 aromatic heterocycles. The second kappa shape index (κ2) is 6.93. The molecule has 126 valence electrons. The second-order valence-corrected chi connectivity index (χ2v) is 6.43. The molecule has 3 aromatic rings. The minimum absolute atomic E-state index is 0.233. The molecular weight excluding hydrogens is 304 g/mol. The van der Waals surface area contributed by atoms with Crippen LogP contribution in [0.5, 0.6) is 0 Å². The van der Waals surface area contributed by atoms with E-state index in [0.717, 1.165) is 21.9 Å². The predicted molar refractivity (Wildman–Crippen MR) is 96.2 cm³/mol. The van der Waals surface area contributed by atoms with Crippen molar-refractivity contribution in [1.29, 1.82) is 0 Å². The summed E-state index contributed by atoms with van der Waals surface area (Å²) in [5.74, 6) is 0.389. The normalized spacial score (nSPS) is 12.7. The SMILES string of the molecule is CC(C)CC(O)CNC(=O)Nc1ccc2c(c1)oc1ccccc12. The lowest BCUT2D eigenvalue weighted by Crippen LogP contribution is -2.35. The first-order valence-electron chi connectivity index (χ1n) is 8.17. The molecule has 3 rings (SSSR count). The molecule has 5 heteroatoms. The number of carbonyl (C=O) groups excluding carboxylic acids is 1. The zero-order chi connectivity index (χ0) is 17.1. The molecule has 0 aliphatic heterocycles. The number of benzene rings is 2. The third-order valence-electron chi connectivity index (χ3n) is 3.88. The average molecular weight is 326 g/mol. The maximum absolute atomic E-state index is 11.9. The third-order valence-corrected chi connectivity index (χ3v) is 3.88. The van der Waals surface area contributed by atoms with E-state index in [1.165, 1.54) is 0 Å². The van der Waals surface area contributed by atoms with E-state index in [2.05, 4.69) is 10.6 Å². The molecule has 0 saturated carbocycles. The average Bonchev–Trinajstić information content (AvgIpc) is 2.90. The number of hydrogen-bond donors (Lipinski definition) is 3. The summed E-state index contributed by atoms with van der Waals surface area (Å²) >= 11 is 0. The van der Waals surface area contributed by atoms with Gasteiger partial charge in [0.1, 0.15) is 11.2 Å². The quantitative estimate of drug-likeness (QED) is 0.660. The molecule has 2 aromatic carbocycles. The van der Waals surface area contributed by atoms with Crippen molar-refractivity contribution in [2.45, 2.75) is 26.4 Å². The largest absolute Gasteiger partial charge is 0.456 e. The van der Waals surface area contributed by atoms with Crippen LogP contribution in [0.2, 0.25) is 0 Å². The van der Waals surface area contributed by atoms with Gasteiger partial charge in [0.2, 0.25) is 0 Å². The molecule has 1 atom stereocenters. The molecule has 2 amide bonds. The molecule has 3 N–H and O–H groups in total. The molecule has 5 nitrogen and oxygen atoms in total. The van der Waals surface area contributed by atoms with Crippen molar-refractivity contribution in [1.82, 2.24) is 5.32 Å². The number of aliphatic hydroxyl groups is 1. The van der Waals surface area contributed by atoms with E-state index in [1.807, 2.05) is 50.2 Å². The van der Waals surface area contributed by atoms with Gasteiger partial charge in [-0.1, -0.05) is 32.0 Å². The van der Waals surface area contributed by atoms with Gasteiger partial charge in [-0.3, -0.25) is 0 Å². The first-order chi connectivity index (χ1) is 11.5. The van der Waals surface area contributed by atoms with Gasteiger partial charge in [0.05, 0.1) is 6.10 Å². The van der Waals surface area contributed by atoms with Gasteiger partial charge in [0, 0.05) is 29.1 Å². The number of urea groups is 1. The zero-order valence-electron chi connectivity index (χ0n) is 13.9. The van der Waals surface area contributed by atoms with Crippen LogP contribution in [0.25, 0.3) is 21.9 Å². The number of carbonyl (C=O) groups is 1. The summed E-state index contributed by atoms with van der Waals surface area (Å²) < 4.78 is 5.80. The number of hydrogen-bond acceptors (Lipinski definition) is 3. The topological polar surface area (TPSA) is 74.5 Å². The van der Waals surface area contributed by atoms with Crippen molar-refractivity contribution in [3.63, 3.8) is 0 Å². The summed E-state index contributed by atoms with van der Waals surface area (Å²) in [4.78, 5) is 11.9. The Balaban J connectivity index is 1.67. The first-order valence-corrected chi connectivity index (χ1v) is 8.17. The monoisotopic (exact) mass is 326 g/mol. The van der Waals surface area contributed by atoms with Gasteiger partial charge in [-0.05, 0) is 30.5 Å². The number of anilines is 1. The van der Waals surface area contributed by atoms with Crippen LogP contribution in [0.1, 0.15) is 20.3 Å². The molecular formula is C19H22N2O3. The highest BCUT2D eigenvalue weighted by atomic mass is 16.3. The van der Waals surface area contributed by atoms with Crippen LogP contribution in [0, 0.1) is 5.92 Å². The summed E-state index contributed by atoms with van der Waals surface area (Å²) in [5.41, 5.74) is 2.21. The van der Waals surface area contributed by atoms with Crippen molar-refractivity contribution >= 4 is 33.7 Å². The fourth-order valence-electron chi connectivity index (χ4n) is 2.82. The number of aliphatic hydroxyl groups excluding tert-OH is 1. The number of fused-ring (bicyclic) bond motifs is 3. The smallest absolute Gasteiger partial charge is 0.319 e. The summed E-state index contributed by atoms with van der Waals surface area (Å²) in [6, 6.07) is 13.1. The molecule has 0 bridgehead atoms. The summed E-state index contributed by atoms with van der Waals surface area (Å²) in [6.45, 7) is 4.30. The Kier molecular flexibility index (Phi) is 4.71. The van der Waals surface area contributed by atoms with Crippen molar-refractivity contribution in [2.75, 3.05) is 11.9 Å². The minimum atomic E-state index is -0.534. The summed E-state index contributed by atoms with van der Waals surface area (Å²) in [7, 11) is 0. The van der Waals surface area contributed by atoms with Gasteiger partial charge in [0.15, 0.2) is 0 Å². The molecule has 0 aliphatic rings. The van der Waals surface area contributed by atoms with Crippen molar-refractivity contribution in [3.05, 3.63) is 42.5 Å². The Morgan fingerprint density at radius 1 is 1.12 bits per heavy atom. The molecule has 1 unspecified atom stereocenters. The second-order valence-electron chi connectivity index (χ2n) is 6.43. The van der Waals surface area contributed by atoms with E-state index >= 15 is 0 Å². The van der Waals surface area contributed by atoms with Crippen molar-refractivity contribution in [3.8, 4) is 0 Å². The highest BCUT2D eigenvalue weighted by Gasteiger charge is 2.11. The molecule has 0 spiro atoms. The Hall–Kier alpha value is -2.53. The molecule has 0 aliphatic carbocycles. The van der Waals surface area contributed by atoms with Gasteiger partial charge >= 0.3 is 6.03 Å². The van der Waals surface area contributed by atoms with E-state index in [0.29, 0.717) is 18.0 Å². The van der Waals surface area contributed by atoms with E-state index < -0.39 is 6.10 Å². The lowest BCUT2D eigenvalue weighted by atomic mass is 10.1. The Labute approximate surface area is 140 Å². The Morgan fingerprint density at radius 2 is 1.88 bits per heavy atom. The Bertz CT molecular complexity index is 854. The van der Waals surface area contributed by atoms with Gasteiger partial charge in [-0.15, -0.1) is 0 Å². The van der Waals surface area contributed by atoms with Gasteiger partial charge in [-0.25, -0.2) is 4.79 Å². The van der Waals surface area contributed by atoms with E-state index in [4.69, 9.17) is 4.42 Å². The fourth-order valence-corrected chi connectivity index (χ4v) is 2.82. The predicted octanol–water partition coefficient (Wildman–Crippen LogP) is 4.11. The van der Waals surface area contributed by atoms with Crippen LogP contribution in [0.4, 0.5) is 10.5 Å². The number of rotatable bonds is 5. The summed E-state index contributed by atoms with van der Waals surface area (Å²) in [5, 5.41) is 17.3. The Morgan fingerprint density at radius 3 is 2.67 bits per heavy atom. The third kappa shape index (κ3) is 3.68. The van der Waals surface area contributed by atoms with Crippen LogP contribution in [-0.2, 0) is 0 Å². The molecule has 1 heterocycles. The number of para-hydroxylation sites is 1. The molecule has 24 heavy (non-hydrogen) atoms. The standard InChI is InChI=1S/C19H22N2O3/c1-12(2)9-14(22)11-20-19(23)21-13-7-8-16-15-5-3-4-6-17(15)24-18(16)10-13/h3-8,10,12,14,22H,9,11H2,1-2H3,(H2,20,21,23). The van der Waals surface area contributed by atoms with E-state index in [-0.39, 0.29) is 12.6 Å². The molecule has 0 fully saturated rings. The van der Waals surface area contributed by atoms with Crippen LogP contribution in [0.3, 0.4) is 0 Å². The summed E-state index contributed by atoms with van der Waals surface area (Å²) in [6.07, 6.45) is 0.124. The lowest BCUT2D eigenvalue weighted by Gasteiger charge is -2.14. The first kappa shape index (κ1) is 16.3. The van der Waals surface area contributed by atoms with Gasteiger partial charge in [0.25, 0.3) is 0 Å².